The molecule has 0 unspecified atom stereocenters. The van der Waals surface area contributed by atoms with Crippen LogP contribution in [-0.4, -0.2) is 25.3 Å². The number of ether oxygens (including phenoxy) is 1. The molecule has 3 aromatic rings. The molecule has 0 saturated carbocycles. The lowest BCUT2D eigenvalue weighted by Crippen LogP contribution is -2.22. The van der Waals surface area contributed by atoms with Crippen molar-refractivity contribution in [3.63, 3.8) is 0 Å². The summed E-state index contributed by atoms with van der Waals surface area (Å²) in [7, 11) is -1.74. The predicted octanol–water partition coefficient (Wildman–Crippen LogP) is 4.07. The zero-order valence-electron chi connectivity index (χ0n) is 16.0. The molecule has 0 aliphatic rings. The molecule has 0 radical (unpaired) electrons. The lowest BCUT2D eigenvalue weighted by atomic mass is 10.1. The molecule has 0 aliphatic carbocycles. The van der Waals surface area contributed by atoms with Gasteiger partial charge in [-0.15, -0.1) is 0 Å². The van der Waals surface area contributed by atoms with Crippen molar-refractivity contribution >= 4 is 32.3 Å². The number of nitrogen functional groups attached to an aromatic ring is 1. The van der Waals surface area contributed by atoms with E-state index in [0.717, 1.165) is 34.5 Å². The number of methoxy groups -OCH3 is 1. The van der Waals surface area contributed by atoms with Crippen LogP contribution >= 0.6 is 0 Å². The van der Waals surface area contributed by atoms with Crippen LogP contribution < -0.4 is 15.2 Å². The zero-order chi connectivity index (χ0) is 19.8. The Bertz CT molecular complexity index is 1070. The van der Waals surface area contributed by atoms with Gasteiger partial charge >= 0.3 is 0 Å². The van der Waals surface area contributed by atoms with E-state index >= 15 is 0 Å². The molecule has 6 nitrogen and oxygen atoms in total. The molecule has 3 rings (SSSR count). The average molecular weight is 388 g/mol. The standard InChI is InChI=1S/C20H25N3O3S/c1-5-23-18-11-10-16(26-4)12-17(18)19(21)20(23)14-6-8-15(9-7-14)22-27(24,25)13(2)3/h6-13,22H,5,21H2,1-4H3. The number of nitrogens with one attached hydrogen (secondary N) is 1. The van der Waals surface area contributed by atoms with E-state index < -0.39 is 15.3 Å². The Kier molecular flexibility index (Phi) is 5.06. The summed E-state index contributed by atoms with van der Waals surface area (Å²) in [6.07, 6.45) is 0. The minimum atomic E-state index is -3.37. The Hall–Kier alpha value is -2.67. The number of benzene rings is 2. The van der Waals surface area contributed by atoms with Crippen molar-refractivity contribution in [2.75, 3.05) is 17.6 Å². The second kappa shape index (κ2) is 7.15. The van der Waals surface area contributed by atoms with E-state index in [1.54, 1.807) is 33.1 Å². The first-order valence-corrected chi connectivity index (χ1v) is 10.4. The van der Waals surface area contributed by atoms with Gasteiger partial charge in [-0.1, -0.05) is 12.1 Å². The van der Waals surface area contributed by atoms with Crippen molar-refractivity contribution in [3.05, 3.63) is 42.5 Å². The first-order valence-electron chi connectivity index (χ1n) is 8.86. The molecule has 1 aromatic heterocycles. The number of sulfonamides is 1. The van der Waals surface area contributed by atoms with Crippen LogP contribution in [0.25, 0.3) is 22.2 Å². The Morgan fingerprint density at radius 3 is 2.37 bits per heavy atom. The third kappa shape index (κ3) is 3.47. The maximum Gasteiger partial charge on any atom is 0.235 e. The van der Waals surface area contributed by atoms with Crippen molar-refractivity contribution in [2.24, 2.45) is 0 Å². The molecule has 0 amide bonds. The number of aromatic nitrogens is 1. The highest BCUT2D eigenvalue weighted by Gasteiger charge is 2.18. The van der Waals surface area contributed by atoms with Crippen molar-refractivity contribution in [2.45, 2.75) is 32.6 Å². The molecule has 7 heteroatoms. The number of hydrogen-bond donors (Lipinski definition) is 2. The maximum atomic E-state index is 12.0. The van der Waals surface area contributed by atoms with Gasteiger partial charge in [0.25, 0.3) is 0 Å². The Balaban J connectivity index is 2.06. The summed E-state index contributed by atoms with van der Waals surface area (Å²) >= 11 is 0. The molecular weight excluding hydrogens is 362 g/mol. The Morgan fingerprint density at radius 1 is 1.15 bits per heavy atom. The average Bonchev–Trinajstić information content (AvgIpc) is 2.93. The van der Waals surface area contributed by atoms with Crippen molar-refractivity contribution in [3.8, 4) is 17.0 Å². The van der Waals surface area contributed by atoms with E-state index in [-0.39, 0.29) is 0 Å². The van der Waals surface area contributed by atoms with E-state index in [1.165, 1.54) is 0 Å². The first kappa shape index (κ1) is 19.1. The fourth-order valence-electron chi connectivity index (χ4n) is 3.10. The van der Waals surface area contributed by atoms with E-state index in [9.17, 15) is 8.42 Å². The monoisotopic (exact) mass is 387 g/mol. The van der Waals surface area contributed by atoms with Crippen molar-refractivity contribution in [1.82, 2.24) is 4.57 Å². The second-order valence-electron chi connectivity index (χ2n) is 6.66. The summed E-state index contributed by atoms with van der Waals surface area (Å²) in [5.41, 5.74) is 10.6. The second-order valence-corrected chi connectivity index (χ2v) is 8.90. The van der Waals surface area contributed by atoms with Gasteiger partial charge in [0.15, 0.2) is 0 Å². The number of fused-ring (bicyclic) bond motifs is 1. The van der Waals surface area contributed by atoms with Crippen LogP contribution in [0.15, 0.2) is 42.5 Å². The maximum absolute atomic E-state index is 12.0. The number of rotatable bonds is 6. The van der Waals surface area contributed by atoms with Crippen LogP contribution in [0.2, 0.25) is 0 Å². The molecular formula is C20H25N3O3S. The Labute approximate surface area is 160 Å². The predicted molar refractivity (Wildman–Crippen MR) is 112 cm³/mol. The van der Waals surface area contributed by atoms with E-state index in [4.69, 9.17) is 10.5 Å². The van der Waals surface area contributed by atoms with Gasteiger partial charge in [-0.3, -0.25) is 4.72 Å². The summed E-state index contributed by atoms with van der Waals surface area (Å²) < 4.78 is 34.1. The minimum Gasteiger partial charge on any atom is -0.497 e. The molecule has 0 bridgehead atoms. The van der Waals surface area contributed by atoms with Crippen molar-refractivity contribution in [1.29, 1.82) is 0 Å². The van der Waals surface area contributed by atoms with Crippen LogP contribution in [0.4, 0.5) is 11.4 Å². The van der Waals surface area contributed by atoms with Crippen LogP contribution in [-0.2, 0) is 16.6 Å². The highest BCUT2D eigenvalue weighted by molar-refractivity contribution is 7.93. The van der Waals surface area contributed by atoms with E-state index in [1.807, 2.05) is 30.3 Å². The van der Waals surface area contributed by atoms with E-state index in [0.29, 0.717) is 11.4 Å². The molecule has 27 heavy (non-hydrogen) atoms. The number of nitrogens with zero attached hydrogens (tertiary/aromatic N) is 1. The fourth-order valence-corrected chi connectivity index (χ4v) is 3.81. The van der Waals surface area contributed by atoms with Gasteiger partial charge in [0.2, 0.25) is 10.0 Å². The number of nitrogens with two attached hydrogens (primary N) is 1. The lowest BCUT2D eigenvalue weighted by Gasteiger charge is -2.12. The van der Waals surface area contributed by atoms with Crippen LogP contribution in [0.1, 0.15) is 20.8 Å². The van der Waals surface area contributed by atoms with Gasteiger partial charge in [-0.2, -0.15) is 0 Å². The Morgan fingerprint density at radius 2 is 1.81 bits per heavy atom. The van der Waals surface area contributed by atoms with Crippen LogP contribution in [0.5, 0.6) is 5.75 Å². The summed E-state index contributed by atoms with van der Waals surface area (Å²) in [6, 6.07) is 13.1. The number of anilines is 2. The molecule has 3 N–H and O–H groups in total. The van der Waals surface area contributed by atoms with Crippen LogP contribution in [0.3, 0.4) is 0 Å². The normalized spacial score (nSPS) is 11.9. The zero-order valence-corrected chi connectivity index (χ0v) is 16.8. The van der Waals surface area contributed by atoms with Crippen molar-refractivity contribution < 1.29 is 13.2 Å². The smallest absolute Gasteiger partial charge is 0.235 e. The number of aryl methyl sites for hydroxylation is 1. The molecule has 144 valence electrons. The summed E-state index contributed by atoms with van der Waals surface area (Å²) in [4.78, 5) is 0. The first-order chi connectivity index (χ1) is 12.8. The SMILES string of the molecule is CCn1c(-c2ccc(NS(=O)(=O)C(C)C)cc2)c(N)c2cc(OC)ccc21. The van der Waals surface area contributed by atoms with Gasteiger partial charge in [0.1, 0.15) is 5.75 Å². The van der Waals surface area contributed by atoms with Gasteiger partial charge in [-0.05, 0) is 51.1 Å². The topological polar surface area (TPSA) is 86.4 Å². The highest BCUT2D eigenvalue weighted by atomic mass is 32.2. The number of hydrogen-bond acceptors (Lipinski definition) is 4. The summed E-state index contributed by atoms with van der Waals surface area (Å²) in [6.45, 7) is 6.12. The van der Waals surface area contributed by atoms with E-state index in [2.05, 4.69) is 16.2 Å². The fraction of sp³-hybridized carbons (Fsp3) is 0.300. The minimum absolute atomic E-state index is 0.495. The van der Waals surface area contributed by atoms with Crippen LogP contribution in [0, 0.1) is 0 Å². The molecule has 0 fully saturated rings. The summed E-state index contributed by atoms with van der Waals surface area (Å²) in [5, 5.41) is 0.446. The third-order valence-corrected chi connectivity index (χ3v) is 6.43. The molecule has 0 atom stereocenters. The quantitative estimate of drug-likeness (QED) is 0.667. The van der Waals surface area contributed by atoms with Gasteiger partial charge in [-0.25, -0.2) is 8.42 Å². The third-order valence-electron chi connectivity index (χ3n) is 4.67. The van der Waals surface area contributed by atoms with Gasteiger partial charge in [0, 0.05) is 23.2 Å². The molecule has 1 heterocycles. The lowest BCUT2D eigenvalue weighted by molar-refractivity contribution is 0.415. The molecule has 2 aromatic carbocycles. The molecule has 0 spiro atoms. The van der Waals surface area contributed by atoms with Gasteiger partial charge < -0.3 is 15.0 Å². The highest BCUT2D eigenvalue weighted by Crippen LogP contribution is 2.38. The molecule has 0 aliphatic heterocycles. The molecule has 0 saturated heterocycles. The van der Waals surface area contributed by atoms with Gasteiger partial charge in [0.05, 0.1) is 29.3 Å². The summed E-state index contributed by atoms with van der Waals surface area (Å²) in [5.74, 6) is 0.757. The largest absolute Gasteiger partial charge is 0.497 e.